The lowest BCUT2D eigenvalue weighted by atomic mass is 10.0. The van der Waals surface area contributed by atoms with Crippen LogP contribution in [0.1, 0.15) is 45.1 Å². The van der Waals surface area contributed by atoms with Gasteiger partial charge in [0.2, 0.25) is 17.8 Å². The summed E-state index contributed by atoms with van der Waals surface area (Å²) >= 11 is 0. The fourth-order valence-electron chi connectivity index (χ4n) is 3.50. The molecule has 10 nitrogen and oxygen atoms in total. The number of carbonyl (C=O) groups is 2. The third-order valence-electron chi connectivity index (χ3n) is 5.66. The van der Waals surface area contributed by atoms with Crippen molar-refractivity contribution >= 4 is 23.6 Å². The molecule has 0 saturated carbocycles. The van der Waals surface area contributed by atoms with E-state index in [2.05, 4.69) is 50.8 Å². The molecule has 2 rings (SSSR count). The van der Waals surface area contributed by atoms with E-state index in [-0.39, 0.29) is 24.4 Å². The molecule has 1 aromatic rings. The number of allylic oxidation sites excluding steroid dienone is 2. The zero-order valence-corrected chi connectivity index (χ0v) is 23.5. The van der Waals surface area contributed by atoms with Crippen LogP contribution in [-0.2, 0) is 9.59 Å². The molecular formula is C29H40N8O2. The van der Waals surface area contributed by atoms with Crippen molar-refractivity contribution in [3.63, 3.8) is 0 Å². The number of rotatable bonds is 14. The standard InChI is InChI=1S/C29H40N8O2/c1-5-17-32-28-24(21-33-29(35-28)34-25-15-13-23(20-30)14-16-25)11-8-7-9-18-31-26(38)22-37(6-2)27(39)12-10-19-36(3)4/h10,12-15,21,25H,5-7,9,16-19,22H2,1-4H3,(H,31,38)(H2,32,33,34,35)/b12-10+. The molecule has 1 aromatic heterocycles. The maximum Gasteiger partial charge on any atom is 0.246 e. The quantitative estimate of drug-likeness (QED) is 0.190. The van der Waals surface area contributed by atoms with Crippen LogP contribution in [0.25, 0.3) is 0 Å². The van der Waals surface area contributed by atoms with Gasteiger partial charge in [0.1, 0.15) is 5.82 Å². The second-order valence-electron chi connectivity index (χ2n) is 9.27. The van der Waals surface area contributed by atoms with E-state index in [1.165, 1.54) is 11.0 Å². The van der Waals surface area contributed by atoms with E-state index in [0.717, 1.165) is 13.0 Å². The topological polar surface area (TPSA) is 126 Å². The van der Waals surface area contributed by atoms with E-state index < -0.39 is 0 Å². The highest BCUT2D eigenvalue weighted by Gasteiger charge is 2.13. The van der Waals surface area contributed by atoms with E-state index in [1.807, 2.05) is 38.1 Å². The molecule has 208 valence electrons. The number of anilines is 2. The van der Waals surface area contributed by atoms with E-state index in [4.69, 9.17) is 5.26 Å². The van der Waals surface area contributed by atoms with Gasteiger partial charge in [0.05, 0.1) is 30.4 Å². The Morgan fingerprint density at radius 2 is 2.08 bits per heavy atom. The molecule has 1 aliphatic carbocycles. The van der Waals surface area contributed by atoms with Crippen LogP contribution in [0.3, 0.4) is 0 Å². The Bertz CT molecular complexity index is 1150. The van der Waals surface area contributed by atoms with Crippen LogP contribution >= 0.6 is 0 Å². The number of hydrogen-bond donors (Lipinski definition) is 3. The van der Waals surface area contributed by atoms with Crippen molar-refractivity contribution < 1.29 is 9.59 Å². The largest absolute Gasteiger partial charge is 0.369 e. The van der Waals surface area contributed by atoms with Crippen LogP contribution in [0.15, 0.2) is 42.2 Å². The summed E-state index contributed by atoms with van der Waals surface area (Å²) in [5.41, 5.74) is 1.37. The second-order valence-corrected chi connectivity index (χ2v) is 9.27. The summed E-state index contributed by atoms with van der Waals surface area (Å²) in [7, 11) is 3.85. The Kier molecular flexibility index (Phi) is 13.8. The molecule has 1 heterocycles. The molecule has 1 unspecified atom stereocenters. The van der Waals surface area contributed by atoms with Gasteiger partial charge in [-0.15, -0.1) is 0 Å². The molecule has 0 spiro atoms. The van der Waals surface area contributed by atoms with E-state index in [9.17, 15) is 9.59 Å². The van der Waals surface area contributed by atoms with Gasteiger partial charge in [-0.1, -0.05) is 37.0 Å². The van der Waals surface area contributed by atoms with Gasteiger partial charge in [-0.05, 0) is 46.4 Å². The molecule has 0 saturated heterocycles. The van der Waals surface area contributed by atoms with Crippen molar-refractivity contribution in [2.45, 2.75) is 45.6 Å². The fourth-order valence-corrected chi connectivity index (χ4v) is 3.50. The van der Waals surface area contributed by atoms with Crippen molar-refractivity contribution in [3.8, 4) is 17.9 Å². The average molecular weight is 533 g/mol. The van der Waals surface area contributed by atoms with E-state index >= 15 is 0 Å². The number of nitrogens with zero attached hydrogens (tertiary/aromatic N) is 5. The number of nitrogens with one attached hydrogen (secondary N) is 3. The van der Waals surface area contributed by atoms with Gasteiger partial charge in [0.25, 0.3) is 0 Å². The SMILES string of the molecule is CCCNc1nc(NC2C=CC(C#N)=CC2)ncc1C#CCCCNC(=O)CN(CC)C(=O)/C=C/CN(C)C. The van der Waals surface area contributed by atoms with Crippen molar-refractivity contribution in [3.05, 3.63) is 47.7 Å². The number of nitriles is 1. The minimum absolute atomic E-state index is 0.0235. The van der Waals surface area contributed by atoms with Gasteiger partial charge in [-0.2, -0.15) is 10.2 Å². The number of amides is 2. The second kappa shape index (κ2) is 17.4. The monoisotopic (exact) mass is 532 g/mol. The molecule has 39 heavy (non-hydrogen) atoms. The molecule has 1 aliphatic rings. The summed E-state index contributed by atoms with van der Waals surface area (Å²) in [6, 6.07) is 2.16. The maximum absolute atomic E-state index is 12.3. The molecule has 1 atom stereocenters. The fraction of sp³-hybridized carbons (Fsp3) is 0.483. The molecule has 2 amide bonds. The first-order valence-corrected chi connectivity index (χ1v) is 13.4. The van der Waals surface area contributed by atoms with Crippen LogP contribution in [0.2, 0.25) is 0 Å². The molecular weight excluding hydrogens is 492 g/mol. The zero-order chi connectivity index (χ0) is 28.5. The molecule has 0 fully saturated rings. The van der Waals surface area contributed by atoms with Crippen LogP contribution < -0.4 is 16.0 Å². The van der Waals surface area contributed by atoms with Gasteiger partial charge in [0.15, 0.2) is 0 Å². The Balaban J connectivity index is 1.83. The molecule has 0 aromatic carbocycles. The molecule has 0 bridgehead atoms. The maximum atomic E-state index is 12.3. The number of unbranched alkanes of at least 4 members (excludes halogenated alkanes) is 1. The van der Waals surface area contributed by atoms with Gasteiger partial charge in [-0.25, -0.2) is 4.98 Å². The Labute approximate surface area is 232 Å². The summed E-state index contributed by atoms with van der Waals surface area (Å²) in [5, 5.41) is 18.4. The van der Waals surface area contributed by atoms with Crippen molar-refractivity contribution in [1.82, 2.24) is 25.1 Å². The first kappa shape index (κ1) is 31.1. The number of hydrogen-bond acceptors (Lipinski definition) is 8. The predicted octanol–water partition coefficient (Wildman–Crippen LogP) is 2.70. The third-order valence-corrected chi connectivity index (χ3v) is 5.66. The van der Waals surface area contributed by atoms with Gasteiger partial charge >= 0.3 is 0 Å². The smallest absolute Gasteiger partial charge is 0.246 e. The Morgan fingerprint density at radius 1 is 1.26 bits per heavy atom. The predicted molar refractivity (Wildman–Crippen MR) is 155 cm³/mol. The molecule has 0 radical (unpaired) electrons. The molecule has 3 N–H and O–H groups in total. The average Bonchev–Trinajstić information content (AvgIpc) is 2.93. The van der Waals surface area contributed by atoms with Crippen LogP contribution in [0, 0.1) is 23.2 Å². The molecule has 10 heteroatoms. The van der Waals surface area contributed by atoms with E-state index in [0.29, 0.717) is 61.8 Å². The lowest BCUT2D eigenvalue weighted by Gasteiger charge is -2.18. The highest BCUT2D eigenvalue weighted by atomic mass is 16.2. The third kappa shape index (κ3) is 11.8. The highest BCUT2D eigenvalue weighted by Crippen LogP contribution is 2.17. The van der Waals surface area contributed by atoms with Gasteiger partial charge in [0, 0.05) is 44.2 Å². The first-order valence-electron chi connectivity index (χ1n) is 13.4. The summed E-state index contributed by atoms with van der Waals surface area (Å²) in [4.78, 5) is 37.0. The van der Waals surface area contributed by atoms with Crippen molar-refractivity contribution in [2.75, 3.05) is 57.5 Å². The Morgan fingerprint density at radius 3 is 2.74 bits per heavy atom. The minimum atomic E-state index is -0.186. The van der Waals surface area contributed by atoms with Gasteiger partial charge < -0.3 is 25.8 Å². The lowest BCUT2D eigenvalue weighted by molar-refractivity contribution is -0.132. The van der Waals surface area contributed by atoms with Crippen LogP contribution in [0.4, 0.5) is 11.8 Å². The number of likely N-dealkylation sites (N-methyl/N-ethyl adjacent to an activating group) is 2. The number of aromatic nitrogens is 2. The zero-order valence-electron chi connectivity index (χ0n) is 23.5. The summed E-state index contributed by atoms with van der Waals surface area (Å²) < 4.78 is 0. The van der Waals surface area contributed by atoms with Gasteiger partial charge in [-0.3, -0.25) is 9.59 Å². The lowest BCUT2D eigenvalue weighted by Crippen LogP contribution is -2.40. The first-order chi connectivity index (χ1) is 18.9. The highest BCUT2D eigenvalue weighted by molar-refractivity contribution is 5.91. The summed E-state index contributed by atoms with van der Waals surface area (Å²) in [6.07, 6.45) is 13.5. The number of carbonyl (C=O) groups excluding carboxylic acids is 2. The van der Waals surface area contributed by atoms with Crippen molar-refractivity contribution in [1.29, 1.82) is 5.26 Å². The van der Waals surface area contributed by atoms with Crippen LogP contribution in [-0.4, -0.2) is 84.4 Å². The van der Waals surface area contributed by atoms with Crippen molar-refractivity contribution in [2.24, 2.45) is 0 Å². The molecule has 0 aliphatic heterocycles. The minimum Gasteiger partial charge on any atom is -0.369 e. The Hall–Kier alpha value is -4.15. The van der Waals surface area contributed by atoms with E-state index in [1.54, 1.807) is 18.3 Å². The van der Waals surface area contributed by atoms with Crippen LogP contribution in [0.5, 0.6) is 0 Å². The normalized spacial score (nSPS) is 14.3. The summed E-state index contributed by atoms with van der Waals surface area (Å²) in [5.74, 6) is 7.09. The summed E-state index contributed by atoms with van der Waals surface area (Å²) in [6.45, 7) is 6.34.